The normalized spacial score (nSPS) is 12.6. The molecule has 1 amide bonds. The topological polar surface area (TPSA) is 67.4 Å². The van der Waals surface area contributed by atoms with Gasteiger partial charge in [-0.15, -0.1) is 0 Å². The van der Waals surface area contributed by atoms with Crippen molar-refractivity contribution in [2.24, 2.45) is 0 Å². The minimum absolute atomic E-state index is 0.191. The molecule has 0 spiro atoms. The molecular weight excluding hydrogens is 299 g/mol. The average Bonchev–Trinajstić information content (AvgIpc) is 2.53. The van der Waals surface area contributed by atoms with E-state index in [4.69, 9.17) is 0 Å². The van der Waals surface area contributed by atoms with Gasteiger partial charge in [0.05, 0.1) is 7.11 Å². The summed E-state index contributed by atoms with van der Waals surface area (Å²) >= 11 is 0. The average molecular weight is 324 g/mol. The van der Waals surface area contributed by atoms with Crippen molar-refractivity contribution in [3.8, 4) is 0 Å². The van der Waals surface area contributed by atoms with Gasteiger partial charge in [-0.25, -0.2) is 4.39 Å². The van der Waals surface area contributed by atoms with Crippen LogP contribution in [0.1, 0.15) is 36.2 Å². The second-order valence-corrected chi connectivity index (χ2v) is 5.91. The number of hydrogen-bond acceptors (Lipinski definition) is 4. The Bertz CT molecular complexity index is 546. The first-order chi connectivity index (χ1) is 10.8. The Hall–Kier alpha value is -1.95. The van der Waals surface area contributed by atoms with E-state index in [1.807, 2.05) is 0 Å². The predicted molar refractivity (Wildman–Crippen MR) is 87.1 cm³/mol. The number of ether oxygens (including phenoxy) is 1. The summed E-state index contributed by atoms with van der Waals surface area (Å²) in [4.78, 5) is 23.1. The number of alkyl halides is 1. The molecule has 0 saturated heterocycles. The Labute approximate surface area is 136 Å². The van der Waals surface area contributed by atoms with E-state index in [0.717, 1.165) is 5.56 Å². The fourth-order valence-electron chi connectivity index (χ4n) is 2.21. The summed E-state index contributed by atoms with van der Waals surface area (Å²) in [7, 11) is 2.88. The van der Waals surface area contributed by atoms with Crippen LogP contribution in [0.5, 0.6) is 0 Å². The van der Waals surface area contributed by atoms with Crippen molar-refractivity contribution < 1.29 is 18.7 Å². The molecule has 0 aliphatic rings. The number of halogens is 1. The van der Waals surface area contributed by atoms with Gasteiger partial charge < -0.3 is 15.4 Å². The Morgan fingerprint density at radius 2 is 2.04 bits per heavy atom. The van der Waals surface area contributed by atoms with Gasteiger partial charge in [0.15, 0.2) is 0 Å². The van der Waals surface area contributed by atoms with Crippen molar-refractivity contribution >= 4 is 11.9 Å². The summed E-state index contributed by atoms with van der Waals surface area (Å²) in [6.45, 7) is 3.75. The van der Waals surface area contributed by atoms with E-state index >= 15 is 0 Å². The molecule has 6 heteroatoms. The second-order valence-electron chi connectivity index (χ2n) is 5.91. The largest absolute Gasteiger partial charge is 0.468 e. The standard InChI is InChI=1S/C17H25FN2O3/c1-17(2,16(22)23-4)20-9-8-14(18)11-12-6-5-7-13(10-12)15(21)19-3/h5-7,10,14,20H,8-9,11H2,1-4H3,(H,19,21). The monoisotopic (exact) mass is 324 g/mol. The summed E-state index contributed by atoms with van der Waals surface area (Å²) in [5, 5.41) is 5.53. The third kappa shape index (κ3) is 5.98. The first-order valence-electron chi connectivity index (χ1n) is 7.58. The molecule has 0 aliphatic heterocycles. The number of carbonyl (C=O) groups is 2. The lowest BCUT2D eigenvalue weighted by Crippen LogP contribution is -2.48. The van der Waals surface area contributed by atoms with E-state index in [9.17, 15) is 14.0 Å². The van der Waals surface area contributed by atoms with Gasteiger partial charge in [-0.2, -0.15) is 0 Å². The van der Waals surface area contributed by atoms with Crippen LogP contribution in [0.4, 0.5) is 4.39 Å². The lowest BCUT2D eigenvalue weighted by molar-refractivity contribution is -0.147. The Kier molecular flexibility index (Phi) is 7.16. The van der Waals surface area contributed by atoms with Gasteiger partial charge in [0.25, 0.3) is 5.91 Å². The van der Waals surface area contributed by atoms with E-state index in [1.165, 1.54) is 7.11 Å². The molecule has 128 valence electrons. The maximum atomic E-state index is 14.1. The van der Waals surface area contributed by atoms with Crippen LogP contribution in [0.3, 0.4) is 0 Å². The lowest BCUT2D eigenvalue weighted by atomic mass is 10.0. The van der Waals surface area contributed by atoms with E-state index in [1.54, 1.807) is 45.2 Å². The zero-order valence-electron chi connectivity index (χ0n) is 14.1. The van der Waals surface area contributed by atoms with Crippen molar-refractivity contribution in [3.63, 3.8) is 0 Å². The van der Waals surface area contributed by atoms with Gasteiger partial charge in [0.2, 0.25) is 0 Å². The fourth-order valence-corrected chi connectivity index (χ4v) is 2.21. The van der Waals surface area contributed by atoms with E-state index in [0.29, 0.717) is 12.1 Å². The minimum Gasteiger partial charge on any atom is -0.468 e. The number of amides is 1. The predicted octanol–water partition coefficient (Wildman–Crippen LogP) is 1.86. The molecule has 1 rings (SSSR count). The molecule has 0 radical (unpaired) electrons. The zero-order chi connectivity index (χ0) is 17.5. The van der Waals surface area contributed by atoms with Crippen LogP contribution in [0.25, 0.3) is 0 Å². The van der Waals surface area contributed by atoms with Crippen LogP contribution in [0.2, 0.25) is 0 Å². The maximum Gasteiger partial charge on any atom is 0.325 e. The summed E-state index contributed by atoms with van der Waals surface area (Å²) < 4.78 is 18.8. The van der Waals surface area contributed by atoms with Gasteiger partial charge in [-0.05, 0) is 44.5 Å². The molecular formula is C17H25FN2O3. The van der Waals surface area contributed by atoms with Crippen molar-refractivity contribution in [3.05, 3.63) is 35.4 Å². The summed E-state index contributed by atoms with van der Waals surface area (Å²) in [6.07, 6.45) is -0.564. The van der Waals surface area contributed by atoms with E-state index in [-0.39, 0.29) is 24.7 Å². The van der Waals surface area contributed by atoms with Crippen LogP contribution >= 0.6 is 0 Å². The highest BCUT2D eigenvalue weighted by Gasteiger charge is 2.27. The minimum atomic E-state index is -1.06. The third-order valence-electron chi connectivity index (χ3n) is 3.59. The second kappa shape index (κ2) is 8.62. The Morgan fingerprint density at radius 3 is 2.65 bits per heavy atom. The maximum absolute atomic E-state index is 14.1. The number of methoxy groups -OCH3 is 1. The number of carbonyl (C=O) groups excluding carboxylic acids is 2. The number of nitrogens with one attached hydrogen (secondary N) is 2. The molecule has 0 fully saturated rings. The number of rotatable bonds is 8. The number of benzene rings is 1. The lowest BCUT2D eigenvalue weighted by Gasteiger charge is -2.23. The molecule has 2 N–H and O–H groups in total. The van der Waals surface area contributed by atoms with Crippen molar-refractivity contribution in [1.29, 1.82) is 0 Å². The van der Waals surface area contributed by atoms with Crippen molar-refractivity contribution in [2.45, 2.75) is 38.4 Å². The highest BCUT2D eigenvalue weighted by atomic mass is 19.1. The van der Waals surface area contributed by atoms with Crippen LogP contribution in [0, 0.1) is 0 Å². The first-order valence-corrected chi connectivity index (χ1v) is 7.58. The fraction of sp³-hybridized carbons (Fsp3) is 0.529. The molecule has 0 aromatic heterocycles. The summed E-state index contributed by atoms with van der Waals surface area (Å²) in [5.74, 6) is -0.574. The zero-order valence-corrected chi connectivity index (χ0v) is 14.1. The molecule has 0 saturated carbocycles. The Morgan fingerprint density at radius 1 is 1.35 bits per heavy atom. The molecule has 23 heavy (non-hydrogen) atoms. The molecule has 1 atom stereocenters. The van der Waals surface area contributed by atoms with E-state index < -0.39 is 11.7 Å². The number of esters is 1. The molecule has 0 bridgehead atoms. The van der Waals surface area contributed by atoms with Crippen LogP contribution in [-0.2, 0) is 16.0 Å². The van der Waals surface area contributed by atoms with Gasteiger partial charge >= 0.3 is 5.97 Å². The smallest absolute Gasteiger partial charge is 0.325 e. The highest BCUT2D eigenvalue weighted by Crippen LogP contribution is 2.12. The first kappa shape index (κ1) is 19.1. The van der Waals surface area contributed by atoms with Crippen LogP contribution in [-0.4, -0.2) is 44.3 Å². The van der Waals surface area contributed by atoms with Gasteiger partial charge in [-0.3, -0.25) is 9.59 Å². The van der Waals surface area contributed by atoms with E-state index in [2.05, 4.69) is 15.4 Å². The quantitative estimate of drug-likeness (QED) is 0.716. The molecule has 1 aromatic rings. The van der Waals surface area contributed by atoms with Gasteiger partial charge in [0, 0.05) is 19.0 Å². The van der Waals surface area contributed by atoms with Gasteiger partial charge in [-0.1, -0.05) is 12.1 Å². The van der Waals surface area contributed by atoms with Crippen molar-refractivity contribution in [2.75, 3.05) is 20.7 Å². The highest BCUT2D eigenvalue weighted by molar-refractivity contribution is 5.94. The number of hydrogen-bond donors (Lipinski definition) is 2. The Balaban J connectivity index is 2.50. The molecule has 1 aromatic carbocycles. The molecule has 1 unspecified atom stereocenters. The molecule has 0 aliphatic carbocycles. The SMILES string of the molecule is CNC(=O)c1cccc(CC(F)CCNC(C)(C)C(=O)OC)c1. The van der Waals surface area contributed by atoms with Crippen LogP contribution in [0.15, 0.2) is 24.3 Å². The van der Waals surface area contributed by atoms with Crippen LogP contribution < -0.4 is 10.6 Å². The molecule has 0 heterocycles. The van der Waals surface area contributed by atoms with Gasteiger partial charge in [0.1, 0.15) is 11.7 Å². The summed E-state index contributed by atoms with van der Waals surface area (Å²) in [5.41, 5.74) is 0.445. The molecule has 5 nitrogen and oxygen atoms in total. The summed E-state index contributed by atoms with van der Waals surface area (Å²) in [6, 6.07) is 6.92. The van der Waals surface area contributed by atoms with Crippen molar-refractivity contribution in [1.82, 2.24) is 10.6 Å². The third-order valence-corrected chi connectivity index (χ3v) is 3.59.